The Balaban J connectivity index is 1.84. The lowest BCUT2D eigenvalue weighted by Crippen LogP contribution is -2.28. The Labute approximate surface area is 148 Å². The second kappa shape index (κ2) is 7.51. The first-order chi connectivity index (χ1) is 12.1. The zero-order chi connectivity index (χ0) is 17.8. The highest BCUT2D eigenvalue weighted by Crippen LogP contribution is 2.31. The van der Waals surface area contributed by atoms with Crippen molar-refractivity contribution in [3.05, 3.63) is 70.8 Å². The van der Waals surface area contributed by atoms with Crippen molar-refractivity contribution >= 4 is 11.9 Å². The van der Waals surface area contributed by atoms with Crippen molar-refractivity contribution in [3.8, 4) is 0 Å². The Morgan fingerprint density at radius 3 is 2.68 bits per heavy atom. The number of nitrogens with zero attached hydrogens (tertiary/aromatic N) is 1. The number of rotatable bonds is 5. The van der Waals surface area contributed by atoms with Crippen LogP contribution < -0.4 is 0 Å². The number of esters is 1. The number of unbranched alkanes of at least 4 members (excludes halogenated alkanes) is 1. The largest absolute Gasteiger partial charge is 0.454 e. The Hall–Kier alpha value is -2.62. The summed E-state index contributed by atoms with van der Waals surface area (Å²) in [6.45, 7) is 2.84. The van der Waals surface area contributed by atoms with Gasteiger partial charge in [-0.3, -0.25) is 4.79 Å². The number of hydrogen-bond donors (Lipinski definition) is 0. The van der Waals surface area contributed by atoms with Gasteiger partial charge in [0.15, 0.2) is 0 Å². The summed E-state index contributed by atoms with van der Waals surface area (Å²) in [6, 6.07) is 15.0. The maximum absolute atomic E-state index is 12.6. The fourth-order valence-electron chi connectivity index (χ4n) is 3.10. The molecule has 1 aliphatic heterocycles. The molecule has 130 valence electrons. The van der Waals surface area contributed by atoms with Crippen LogP contribution in [0.15, 0.2) is 48.5 Å². The van der Waals surface area contributed by atoms with Crippen LogP contribution in [0, 0.1) is 0 Å². The number of fused-ring (bicyclic) bond motifs is 1. The minimum absolute atomic E-state index is 0.00791. The summed E-state index contributed by atoms with van der Waals surface area (Å²) < 4.78 is 5.57. The average molecular weight is 337 g/mol. The van der Waals surface area contributed by atoms with E-state index in [-0.39, 0.29) is 18.0 Å². The molecule has 4 nitrogen and oxygen atoms in total. The summed E-state index contributed by atoms with van der Waals surface area (Å²) in [5, 5.41) is 0. The van der Waals surface area contributed by atoms with Crippen LogP contribution in [0.25, 0.3) is 0 Å². The molecule has 4 heteroatoms. The zero-order valence-electron chi connectivity index (χ0n) is 14.7. The summed E-state index contributed by atoms with van der Waals surface area (Å²) in [7, 11) is 1.82. The quantitative estimate of drug-likeness (QED) is 0.774. The van der Waals surface area contributed by atoms with Crippen molar-refractivity contribution in [3.63, 3.8) is 0 Å². The van der Waals surface area contributed by atoms with Crippen molar-refractivity contribution < 1.29 is 14.3 Å². The van der Waals surface area contributed by atoms with Crippen LogP contribution in [0.5, 0.6) is 0 Å². The normalized spacial score (nSPS) is 16.1. The van der Waals surface area contributed by atoms with E-state index in [0.29, 0.717) is 17.5 Å². The van der Waals surface area contributed by atoms with Gasteiger partial charge in [0.2, 0.25) is 0 Å². The van der Waals surface area contributed by atoms with Gasteiger partial charge in [0.1, 0.15) is 6.10 Å². The van der Waals surface area contributed by atoms with Gasteiger partial charge in [0.25, 0.3) is 5.91 Å². The van der Waals surface area contributed by atoms with Crippen molar-refractivity contribution in [2.24, 2.45) is 0 Å². The third-order valence-corrected chi connectivity index (χ3v) is 4.59. The van der Waals surface area contributed by atoms with Crippen LogP contribution in [0.2, 0.25) is 0 Å². The van der Waals surface area contributed by atoms with E-state index in [1.165, 1.54) is 0 Å². The van der Waals surface area contributed by atoms with Gasteiger partial charge < -0.3 is 9.64 Å². The molecule has 0 saturated carbocycles. The van der Waals surface area contributed by atoms with Crippen LogP contribution in [0.3, 0.4) is 0 Å². The SMILES string of the molecule is CCCCN(C)C(=O)c1ccc2c(c1)C[C@H](c1ccccc1)OC2=O. The highest BCUT2D eigenvalue weighted by molar-refractivity contribution is 5.97. The van der Waals surface area contributed by atoms with Gasteiger partial charge in [-0.1, -0.05) is 43.7 Å². The van der Waals surface area contributed by atoms with E-state index in [1.807, 2.05) is 43.4 Å². The molecule has 1 amide bonds. The summed E-state index contributed by atoms with van der Waals surface area (Å²) in [5.74, 6) is -0.333. The smallest absolute Gasteiger partial charge is 0.339 e. The van der Waals surface area contributed by atoms with E-state index in [4.69, 9.17) is 4.74 Å². The first-order valence-electron chi connectivity index (χ1n) is 8.74. The van der Waals surface area contributed by atoms with E-state index in [1.54, 1.807) is 17.0 Å². The lowest BCUT2D eigenvalue weighted by molar-refractivity contribution is 0.0252. The fraction of sp³-hybridized carbons (Fsp3) is 0.333. The number of carbonyl (C=O) groups excluding carboxylic acids is 2. The van der Waals surface area contributed by atoms with Gasteiger partial charge >= 0.3 is 5.97 Å². The number of cyclic esters (lactones) is 1. The van der Waals surface area contributed by atoms with Gasteiger partial charge in [-0.05, 0) is 35.7 Å². The van der Waals surface area contributed by atoms with Crippen molar-refractivity contribution in [2.75, 3.05) is 13.6 Å². The molecular weight excluding hydrogens is 314 g/mol. The minimum Gasteiger partial charge on any atom is -0.454 e. The molecule has 25 heavy (non-hydrogen) atoms. The molecule has 2 aromatic rings. The molecule has 0 aliphatic carbocycles. The Bertz CT molecular complexity index is 770. The number of ether oxygens (including phenoxy) is 1. The zero-order valence-corrected chi connectivity index (χ0v) is 14.7. The number of amides is 1. The molecule has 0 bridgehead atoms. The molecule has 0 fully saturated rings. The third-order valence-electron chi connectivity index (χ3n) is 4.59. The highest BCUT2D eigenvalue weighted by atomic mass is 16.5. The van der Waals surface area contributed by atoms with E-state index < -0.39 is 0 Å². The predicted molar refractivity (Wildman–Crippen MR) is 96.6 cm³/mol. The van der Waals surface area contributed by atoms with Crippen molar-refractivity contribution in [2.45, 2.75) is 32.3 Å². The number of hydrogen-bond acceptors (Lipinski definition) is 3. The second-order valence-electron chi connectivity index (χ2n) is 6.46. The van der Waals surface area contributed by atoms with Crippen LogP contribution in [-0.4, -0.2) is 30.4 Å². The van der Waals surface area contributed by atoms with E-state index in [9.17, 15) is 9.59 Å². The summed E-state index contributed by atoms with van der Waals surface area (Å²) in [4.78, 5) is 26.6. The van der Waals surface area contributed by atoms with Crippen LogP contribution in [0.1, 0.15) is 57.7 Å². The first kappa shape index (κ1) is 17.2. The molecule has 0 unspecified atom stereocenters. The van der Waals surface area contributed by atoms with E-state index >= 15 is 0 Å². The predicted octanol–water partition coefficient (Wildman–Crippen LogP) is 4.01. The van der Waals surface area contributed by atoms with Gasteiger partial charge in [0, 0.05) is 25.6 Å². The van der Waals surface area contributed by atoms with Gasteiger partial charge in [-0.15, -0.1) is 0 Å². The van der Waals surface area contributed by atoms with Crippen molar-refractivity contribution in [1.82, 2.24) is 4.90 Å². The Morgan fingerprint density at radius 2 is 1.96 bits per heavy atom. The standard InChI is InChI=1S/C21H23NO3/c1-3-4-12-22(2)20(23)16-10-11-18-17(13-16)14-19(25-21(18)24)15-8-6-5-7-9-15/h5-11,13,19H,3-4,12,14H2,1-2H3/t19-/m1/s1. The fourth-order valence-corrected chi connectivity index (χ4v) is 3.10. The summed E-state index contributed by atoms with van der Waals surface area (Å²) >= 11 is 0. The maximum Gasteiger partial charge on any atom is 0.339 e. The molecular formula is C21H23NO3. The molecule has 0 N–H and O–H groups in total. The number of carbonyl (C=O) groups is 2. The molecule has 0 aromatic heterocycles. The lowest BCUT2D eigenvalue weighted by Gasteiger charge is -2.26. The van der Waals surface area contributed by atoms with Crippen molar-refractivity contribution in [1.29, 1.82) is 0 Å². The topological polar surface area (TPSA) is 46.6 Å². The molecule has 1 heterocycles. The third kappa shape index (κ3) is 3.73. The van der Waals surface area contributed by atoms with Gasteiger partial charge in [-0.25, -0.2) is 4.79 Å². The monoisotopic (exact) mass is 337 g/mol. The molecule has 2 aromatic carbocycles. The molecule has 0 spiro atoms. The highest BCUT2D eigenvalue weighted by Gasteiger charge is 2.28. The summed E-state index contributed by atoms with van der Waals surface area (Å²) in [6.07, 6.45) is 2.32. The number of benzene rings is 2. The maximum atomic E-state index is 12.6. The molecule has 0 radical (unpaired) electrons. The summed E-state index contributed by atoms with van der Waals surface area (Å²) in [5.41, 5.74) is 3.02. The molecule has 3 rings (SSSR count). The minimum atomic E-state index is -0.326. The lowest BCUT2D eigenvalue weighted by atomic mass is 9.93. The van der Waals surface area contributed by atoms with Crippen LogP contribution in [0.4, 0.5) is 0 Å². The van der Waals surface area contributed by atoms with Gasteiger partial charge in [-0.2, -0.15) is 0 Å². The molecule has 1 atom stereocenters. The van der Waals surface area contributed by atoms with E-state index in [2.05, 4.69) is 6.92 Å². The van der Waals surface area contributed by atoms with E-state index in [0.717, 1.165) is 30.5 Å². The first-order valence-corrected chi connectivity index (χ1v) is 8.74. The Kier molecular flexibility index (Phi) is 5.17. The Morgan fingerprint density at radius 1 is 1.20 bits per heavy atom. The van der Waals surface area contributed by atoms with Crippen LogP contribution >= 0.6 is 0 Å². The van der Waals surface area contributed by atoms with Gasteiger partial charge in [0.05, 0.1) is 5.56 Å². The average Bonchev–Trinajstić information content (AvgIpc) is 2.65. The molecule has 0 saturated heterocycles. The second-order valence-corrected chi connectivity index (χ2v) is 6.46. The van der Waals surface area contributed by atoms with Crippen LogP contribution in [-0.2, 0) is 11.2 Å². The molecule has 1 aliphatic rings.